The molecule has 2 aromatic carbocycles. The number of aryl methyl sites for hydroxylation is 1. The molecule has 0 saturated heterocycles. The summed E-state index contributed by atoms with van der Waals surface area (Å²) in [5.74, 6) is -0.512. The Labute approximate surface area is 201 Å². The van der Waals surface area contributed by atoms with Crippen LogP contribution in [0.2, 0.25) is 0 Å². The van der Waals surface area contributed by atoms with Crippen LogP contribution in [0.25, 0.3) is 0 Å². The van der Waals surface area contributed by atoms with E-state index in [9.17, 15) is 14.4 Å². The Kier molecular flexibility index (Phi) is 8.85. The summed E-state index contributed by atoms with van der Waals surface area (Å²) in [6, 6.07) is 16.2. The molecule has 0 aromatic heterocycles. The van der Waals surface area contributed by atoms with Gasteiger partial charge in [0, 0.05) is 24.4 Å². The smallest absolute Gasteiger partial charge is 0.338 e. The van der Waals surface area contributed by atoms with Crippen molar-refractivity contribution < 1.29 is 19.1 Å². The van der Waals surface area contributed by atoms with Crippen LogP contribution in [0.5, 0.6) is 0 Å². The number of hydrogen-bond acceptors (Lipinski definition) is 4. The van der Waals surface area contributed by atoms with E-state index in [0.29, 0.717) is 36.3 Å². The first-order valence-corrected chi connectivity index (χ1v) is 11.8. The van der Waals surface area contributed by atoms with Crippen LogP contribution in [0.15, 0.2) is 65.9 Å². The zero-order valence-corrected chi connectivity index (χ0v) is 20.1. The van der Waals surface area contributed by atoms with Gasteiger partial charge in [0.15, 0.2) is 0 Å². The quantitative estimate of drug-likeness (QED) is 0.488. The number of rotatable bonds is 10. The number of hydrogen-bond donors (Lipinski definition) is 2. The summed E-state index contributed by atoms with van der Waals surface area (Å²) in [6.45, 7) is 6.39. The molecule has 2 aromatic rings. The third-order valence-electron chi connectivity index (χ3n) is 5.84. The number of carbonyl (C=O) groups excluding carboxylic acids is 3. The lowest BCUT2D eigenvalue weighted by Gasteiger charge is -2.35. The zero-order valence-electron chi connectivity index (χ0n) is 20.1. The summed E-state index contributed by atoms with van der Waals surface area (Å²) in [5, 5.41) is 5.86. The van der Waals surface area contributed by atoms with Gasteiger partial charge in [0.05, 0.1) is 18.2 Å². The van der Waals surface area contributed by atoms with Crippen molar-refractivity contribution in [2.24, 2.45) is 0 Å². The molecule has 34 heavy (non-hydrogen) atoms. The minimum atomic E-state index is -0.618. The molecule has 7 heteroatoms. The highest BCUT2D eigenvalue weighted by Crippen LogP contribution is 2.32. The van der Waals surface area contributed by atoms with E-state index in [0.717, 1.165) is 24.0 Å². The molecule has 0 fully saturated rings. The fraction of sp³-hybridized carbons (Fsp3) is 0.370. The second kappa shape index (κ2) is 12.0. The highest BCUT2D eigenvalue weighted by atomic mass is 16.5. The van der Waals surface area contributed by atoms with Crippen LogP contribution in [0.1, 0.15) is 57.2 Å². The molecule has 1 aliphatic rings. The maximum absolute atomic E-state index is 12.8. The molecular formula is C27H33N3O4. The van der Waals surface area contributed by atoms with E-state index < -0.39 is 12.0 Å². The lowest BCUT2D eigenvalue weighted by atomic mass is 9.94. The summed E-state index contributed by atoms with van der Waals surface area (Å²) < 4.78 is 5.30. The Hall–Kier alpha value is -3.61. The van der Waals surface area contributed by atoms with Crippen LogP contribution in [0.3, 0.4) is 0 Å². The number of amides is 3. The molecule has 0 radical (unpaired) electrons. The molecule has 0 saturated carbocycles. The predicted molar refractivity (Wildman–Crippen MR) is 132 cm³/mol. The number of benzene rings is 2. The van der Waals surface area contributed by atoms with Crippen molar-refractivity contribution in [1.82, 2.24) is 10.2 Å². The van der Waals surface area contributed by atoms with Crippen molar-refractivity contribution in [3.05, 3.63) is 77.0 Å². The normalized spacial score (nSPS) is 15.7. The molecule has 1 heterocycles. The molecule has 1 unspecified atom stereocenters. The monoisotopic (exact) mass is 463 g/mol. The number of esters is 1. The molecule has 0 spiro atoms. The van der Waals surface area contributed by atoms with Crippen LogP contribution in [-0.2, 0) is 20.7 Å². The molecule has 3 amide bonds. The van der Waals surface area contributed by atoms with Gasteiger partial charge in [-0.05, 0) is 49.9 Å². The van der Waals surface area contributed by atoms with Gasteiger partial charge in [-0.15, -0.1) is 0 Å². The number of unbranched alkanes of at least 4 members (excludes halogenated alkanes) is 1. The topological polar surface area (TPSA) is 87.7 Å². The summed E-state index contributed by atoms with van der Waals surface area (Å²) >= 11 is 0. The molecule has 0 bridgehead atoms. The maximum atomic E-state index is 12.8. The van der Waals surface area contributed by atoms with Gasteiger partial charge in [-0.2, -0.15) is 0 Å². The van der Waals surface area contributed by atoms with Crippen LogP contribution in [-0.4, -0.2) is 36.0 Å². The van der Waals surface area contributed by atoms with E-state index in [1.165, 1.54) is 0 Å². The number of ether oxygens (including phenoxy) is 1. The highest BCUT2D eigenvalue weighted by Gasteiger charge is 2.36. The summed E-state index contributed by atoms with van der Waals surface area (Å²) in [6.07, 6.45) is 2.82. The summed E-state index contributed by atoms with van der Waals surface area (Å²) in [5.41, 5.74) is 3.55. The van der Waals surface area contributed by atoms with E-state index in [4.69, 9.17) is 4.74 Å². The van der Waals surface area contributed by atoms with Crippen LogP contribution < -0.4 is 10.6 Å². The number of allylic oxidation sites excluding steroid dienone is 1. The van der Waals surface area contributed by atoms with Crippen molar-refractivity contribution in [3.63, 3.8) is 0 Å². The van der Waals surface area contributed by atoms with Gasteiger partial charge in [-0.3, -0.25) is 9.69 Å². The second-order valence-corrected chi connectivity index (χ2v) is 8.26. The standard InChI is InChI=1S/C27H33N3O4/c1-4-6-18-30-19(3)24(26(32)34-5-2)25(29-27(30)33)21-13-15-22(16-14-21)28-23(31)17-12-20-10-8-7-9-11-20/h7-11,13-16,25H,4-6,12,17-18H2,1-3H3,(H,28,31)(H,29,33). The summed E-state index contributed by atoms with van der Waals surface area (Å²) in [7, 11) is 0. The van der Waals surface area contributed by atoms with Gasteiger partial charge < -0.3 is 15.4 Å². The fourth-order valence-corrected chi connectivity index (χ4v) is 3.97. The van der Waals surface area contributed by atoms with Crippen molar-refractivity contribution in [3.8, 4) is 0 Å². The number of nitrogens with zero attached hydrogens (tertiary/aromatic N) is 1. The molecule has 3 rings (SSSR count). The molecule has 1 aliphatic heterocycles. The minimum Gasteiger partial charge on any atom is -0.463 e. The molecular weight excluding hydrogens is 430 g/mol. The summed E-state index contributed by atoms with van der Waals surface area (Å²) in [4.78, 5) is 39.6. The van der Waals surface area contributed by atoms with Crippen LogP contribution in [0.4, 0.5) is 10.5 Å². The fourth-order valence-electron chi connectivity index (χ4n) is 3.97. The Morgan fingerprint density at radius 1 is 1.06 bits per heavy atom. The van der Waals surface area contributed by atoms with E-state index in [2.05, 4.69) is 17.6 Å². The van der Waals surface area contributed by atoms with Gasteiger partial charge >= 0.3 is 12.0 Å². The molecule has 1 atom stereocenters. The third kappa shape index (κ3) is 6.25. The van der Waals surface area contributed by atoms with Gasteiger partial charge in [-0.25, -0.2) is 9.59 Å². The number of anilines is 1. The first kappa shape index (κ1) is 25.0. The maximum Gasteiger partial charge on any atom is 0.338 e. The number of urea groups is 1. The molecule has 2 N–H and O–H groups in total. The van der Waals surface area contributed by atoms with E-state index in [1.54, 1.807) is 30.9 Å². The average molecular weight is 464 g/mol. The Bertz CT molecular complexity index is 1030. The minimum absolute atomic E-state index is 0.0721. The van der Waals surface area contributed by atoms with Crippen molar-refractivity contribution in [1.29, 1.82) is 0 Å². The average Bonchev–Trinajstić information content (AvgIpc) is 2.83. The Balaban J connectivity index is 1.74. The molecule has 0 aliphatic carbocycles. The van der Waals surface area contributed by atoms with E-state index >= 15 is 0 Å². The van der Waals surface area contributed by atoms with Gasteiger partial charge in [-0.1, -0.05) is 55.8 Å². The second-order valence-electron chi connectivity index (χ2n) is 8.26. The predicted octanol–water partition coefficient (Wildman–Crippen LogP) is 4.96. The number of nitrogens with one attached hydrogen (secondary N) is 2. The van der Waals surface area contributed by atoms with E-state index in [-0.39, 0.29) is 18.5 Å². The van der Waals surface area contributed by atoms with Gasteiger partial charge in [0.2, 0.25) is 5.91 Å². The SMILES string of the molecule is CCCCN1C(=O)NC(c2ccc(NC(=O)CCc3ccccc3)cc2)C(C(=O)OCC)=C1C. The van der Waals surface area contributed by atoms with Crippen molar-refractivity contribution in [2.75, 3.05) is 18.5 Å². The van der Waals surface area contributed by atoms with E-state index in [1.807, 2.05) is 42.5 Å². The third-order valence-corrected chi connectivity index (χ3v) is 5.84. The lowest BCUT2D eigenvalue weighted by molar-refractivity contribution is -0.139. The van der Waals surface area contributed by atoms with Gasteiger partial charge in [0.25, 0.3) is 0 Å². The highest BCUT2D eigenvalue weighted by molar-refractivity contribution is 5.95. The Morgan fingerprint density at radius 3 is 2.41 bits per heavy atom. The van der Waals surface area contributed by atoms with Gasteiger partial charge in [0.1, 0.15) is 0 Å². The Morgan fingerprint density at radius 2 is 1.76 bits per heavy atom. The van der Waals surface area contributed by atoms with Crippen molar-refractivity contribution in [2.45, 2.75) is 52.5 Å². The first-order chi connectivity index (χ1) is 16.4. The molecule has 180 valence electrons. The largest absolute Gasteiger partial charge is 0.463 e. The van der Waals surface area contributed by atoms with Crippen LogP contribution in [0, 0.1) is 0 Å². The molecule has 7 nitrogen and oxygen atoms in total. The number of carbonyl (C=O) groups is 3. The van der Waals surface area contributed by atoms with Crippen molar-refractivity contribution >= 4 is 23.6 Å². The van der Waals surface area contributed by atoms with Crippen LogP contribution >= 0.6 is 0 Å². The first-order valence-electron chi connectivity index (χ1n) is 11.8. The zero-order chi connectivity index (χ0) is 24.5. The lowest BCUT2D eigenvalue weighted by Crippen LogP contribution is -2.48.